The SMILES string of the molecule is CCc1ccc(N2CCC3(CCN(CC(=O)c4ccc(Cl)cc4Cl)CC3)C2=O)cc1. The average molecular weight is 445 g/mol. The number of piperidine rings is 1. The van der Waals surface area contributed by atoms with Crippen molar-refractivity contribution in [3.8, 4) is 0 Å². The largest absolute Gasteiger partial charge is 0.312 e. The van der Waals surface area contributed by atoms with Gasteiger partial charge in [0.2, 0.25) is 5.91 Å². The predicted octanol–water partition coefficient (Wildman–Crippen LogP) is 5.26. The molecule has 2 aliphatic rings. The predicted molar refractivity (Wildman–Crippen MR) is 122 cm³/mol. The Balaban J connectivity index is 1.37. The lowest BCUT2D eigenvalue weighted by molar-refractivity contribution is -0.127. The summed E-state index contributed by atoms with van der Waals surface area (Å²) in [6.07, 6.45) is 3.45. The first kappa shape index (κ1) is 21.4. The van der Waals surface area contributed by atoms with E-state index in [1.165, 1.54) is 5.56 Å². The standard InChI is InChI=1S/C24H26Cl2N2O2/c1-2-17-3-6-19(7-4-17)28-14-11-24(23(28)30)9-12-27(13-10-24)16-22(29)20-8-5-18(25)15-21(20)26/h3-8,15H,2,9-14,16H2,1H3. The number of carbonyl (C=O) groups is 2. The molecule has 0 radical (unpaired) electrons. The van der Waals surface area contributed by atoms with Crippen molar-refractivity contribution in [1.82, 2.24) is 4.90 Å². The number of hydrogen-bond acceptors (Lipinski definition) is 3. The average Bonchev–Trinajstić information content (AvgIpc) is 3.05. The molecule has 2 heterocycles. The zero-order valence-corrected chi connectivity index (χ0v) is 18.7. The van der Waals surface area contributed by atoms with Crippen LogP contribution >= 0.6 is 23.2 Å². The number of rotatable bonds is 5. The lowest BCUT2D eigenvalue weighted by Crippen LogP contribution is -2.46. The zero-order chi connectivity index (χ0) is 21.3. The van der Waals surface area contributed by atoms with Crippen molar-refractivity contribution in [2.24, 2.45) is 5.41 Å². The molecule has 0 unspecified atom stereocenters. The van der Waals surface area contributed by atoms with Crippen LogP contribution < -0.4 is 4.90 Å². The van der Waals surface area contributed by atoms with Gasteiger partial charge in [0, 0.05) is 22.8 Å². The fourth-order valence-electron chi connectivity index (χ4n) is 4.59. The van der Waals surface area contributed by atoms with Crippen molar-refractivity contribution in [3.05, 3.63) is 63.6 Å². The summed E-state index contributed by atoms with van der Waals surface area (Å²) in [5.41, 5.74) is 2.48. The summed E-state index contributed by atoms with van der Waals surface area (Å²) in [5.74, 6) is 0.224. The molecule has 0 aliphatic carbocycles. The molecule has 2 saturated heterocycles. The number of likely N-dealkylation sites (tertiary alicyclic amines) is 1. The molecular weight excluding hydrogens is 419 g/mol. The molecule has 158 valence electrons. The fraction of sp³-hybridized carbons (Fsp3) is 0.417. The highest BCUT2D eigenvalue weighted by atomic mass is 35.5. The molecule has 2 aromatic rings. The highest BCUT2D eigenvalue weighted by Crippen LogP contribution is 2.43. The van der Waals surface area contributed by atoms with Crippen LogP contribution in [0.5, 0.6) is 0 Å². The Morgan fingerprint density at radius 3 is 2.30 bits per heavy atom. The van der Waals surface area contributed by atoms with Gasteiger partial charge >= 0.3 is 0 Å². The second kappa shape index (κ2) is 8.70. The lowest BCUT2D eigenvalue weighted by atomic mass is 9.77. The third-order valence-electron chi connectivity index (χ3n) is 6.58. The van der Waals surface area contributed by atoms with E-state index in [1.54, 1.807) is 18.2 Å². The van der Waals surface area contributed by atoms with E-state index < -0.39 is 0 Å². The molecule has 1 amide bonds. The van der Waals surface area contributed by atoms with Crippen molar-refractivity contribution >= 4 is 40.6 Å². The molecule has 1 spiro atoms. The first-order valence-corrected chi connectivity index (χ1v) is 11.3. The number of ketones is 1. The zero-order valence-electron chi connectivity index (χ0n) is 17.2. The number of carbonyl (C=O) groups excluding carboxylic acids is 2. The van der Waals surface area contributed by atoms with E-state index in [-0.39, 0.29) is 17.1 Å². The van der Waals surface area contributed by atoms with E-state index in [0.29, 0.717) is 22.2 Å². The highest BCUT2D eigenvalue weighted by molar-refractivity contribution is 6.36. The number of anilines is 1. The van der Waals surface area contributed by atoms with Crippen LogP contribution in [0.2, 0.25) is 10.0 Å². The number of amides is 1. The van der Waals surface area contributed by atoms with Gasteiger partial charge in [0.25, 0.3) is 0 Å². The number of hydrogen-bond donors (Lipinski definition) is 0. The van der Waals surface area contributed by atoms with Crippen molar-refractivity contribution in [2.45, 2.75) is 32.6 Å². The number of halogens is 2. The van der Waals surface area contributed by atoms with E-state index in [9.17, 15) is 9.59 Å². The molecule has 4 rings (SSSR count). The van der Waals surface area contributed by atoms with E-state index in [4.69, 9.17) is 23.2 Å². The van der Waals surface area contributed by atoms with Crippen LogP contribution in [0.3, 0.4) is 0 Å². The molecule has 2 aromatic carbocycles. The monoisotopic (exact) mass is 444 g/mol. The molecule has 2 aliphatic heterocycles. The van der Waals surface area contributed by atoms with E-state index in [0.717, 1.165) is 51.0 Å². The van der Waals surface area contributed by atoms with Gasteiger partial charge in [-0.1, -0.05) is 42.3 Å². The number of Topliss-reactive ketones (excluding diaryl/α,β-unsaturated/α-hetero) is 1. The van der Waals surface area contributed by atoms with Gasteiger partial charge in [-0.25, -0.2) is 0 Å². The number of aryl methyl sites for hydroxylation is 1. The van der Waals surface area contributed by atoms with Crippen molar-refractivity contribution in [3.63, 3.8) is 0 Å². The number of nitrogens with zero attached hydrogens (tertiary/aromatic N) is 2. The van der Waals surface area contributed by atoms with Crippen LogP contribution in [0, 0.1) is 5.41 Å². The smallest absolute Gasteiger partial charge is 0.233 e. The summed E-state index contributed by atoms with van der Waals surface area (Å²) in [6.45, 7) is 4.69. The summed E-state index contributed by atoms with van der Waals surface area (Å²) in [6, 6.07) is 13.3. The van der Waals surface area contributed by atoms with Crippen LogP contribution in [-0.2, 0) is 11.2 Å². The van der Waals surface area contributed by atoms with Gasteiger partial charge in [-0.15, -0.1) is 0 Å². The van der Waals surface area contributed by atoms with Crippen LogP contribution in [-0.4, -0.2) is 42.8 Å². The third-order valence-corrected chi connectivity index (χ3v) is 7.13. The Labute approximate surface area is 187 Å². The third kappa shape index (κ3) is 4.14. The molecular formula is C24H26Cl2N2O2. The number of benzene rings is 2. The Kier molecular flexibility index (Phi) is 6.19. The maximum atomic E-state index is 13.3. The minimum absolute atomic E-state index is 0.0111. The summed E-state index contributed by atoms with van der Waals surface area (Å²) in [4.78, 5) is 30.0. The Morgan fingerprint density at radius 1 is 1.00 bits per heavy atom. The second-order valence-corrected chi connectivity index (χ2v) is 9.17. The van der Waals surface area contributed by atoms with Gasteiger partial charge in [0.15, 0.2) is 5.78 Å². The first-order valence-electron chi connectivity index (χ1n) is 10.5. The maximum Gasteiger partial charge on any atom is 0.233 e. The van der Waals surface area contributed by atoms with Gasteiger partial charge < -0.3 is 4.90 Å². The lowest BCUT2D eigenvalue weighted by Gasteiger charge is -2.37. The molecule has 0 saturated carbocycles. The van der Waals surface area contributed by atoms with E-state index in [1.807, 2.05) is 4.90 Å². The molecule has 0 aromatic heterocycles. The topological polar surface area (TPSA) is 40.6 Å². The minimum atomic E-state index is -0.291. The summed E-state index contributed by atoms with van der Waals surface area (Å²) in [7, 11) is 0. The molecule has 2 fully saturated rings. The second-order valence-electron chi connectivity index (χ2n) is 8.33. The molecule has 30 heavy (non-hydrogen) atoms. The van der Waals surface area contributed by atoms with Crippen molar-refractivity contribution in [1.29, 1.82) is 0 Å². The summed E-state index contributed by atoms with van der Waals surface area (Å²) in [5, 5.41) is 0.904. The molecule has 0 bridgehead atoms. The van der Waals surface area contributed by atoms with Crippen LogP contribution in [0.4, 0.5) is 5.69 Å². The molecule has 6 heteroatoms. The Bertz CT molecular complexity index is 950. The van der Waals surface area contributed by atoms with Crippen LogP contribution in [0.1, 0.15) is 42.1 Å². The van der Waals surface area contributed by atoms with Gasteiger partial charge in [-0.05, 0) is 74.7 Å². The summed E-state index contributed by atoms with van der Waals surface area (Å²) >= 11 is 12.1. The van der Waals surface area contributed by atoms with Crippen LogP contribution in [0.25, 0.3) is 0 Å². The quantitative estimate of drug-likeness (QED) is 0.590. The summed E-state index contributed by atoms with van der Waals surface area (Å²) < 4.78 is 0. The molecule has 0 N–H and O–H groups in total. The van der Waals surface area contributed by atoms with Gasteiger partial charge in [-0.2, -0.15) is 0 Å². The van der Waals surface area contributed by atoms with Crippen LogP contribution in [0.15, 0.2) is 42.5 Å². The van der Waals surface area contributed by atoms with E-state index in [2.05, 4.69) is 36.1 Å². The Morgan fingerprint density at radius 2 is 1.67 bits per heavy atom. The molecule has 4 nitrogen and oxygen atoms in total. The van der Waals surface area contributed by atoms with Crippen molar-refractivity contribution < 1.29 is 9.59 Å². The molecule has 0 atom stereocenters. The fourth-order valence-corrected chi connectivity index (χ4v) is 5.10. The van der Waals surface area contributed by atoms with Gasteiger partial charge in [0.05, 0.1) is 17.0 Å². The first-order chi connectivity index (χ1) is 14.4. The normalized spacial score (nSPS) is 18.9. The highest BCUT2D eigenvalue weighted by Gasteiger charge is 2.48. The van der Waals surface area contributed by atoms with Gasteiger partial charge in [0.1, 0.15) is 0 Å². The Hall–Kier alpha value is -1.88. The maximum absolute atomic E-state index is 13.3. The minimum Gasteiger partial charge on any atom is -0.312 e. The van der Waals surface area contributed by atoms with Gasteiger partial charge in [-0.3, -0.25) is 14.5 Å². The van der Waals surface area contributed by atoms with Crippen molar-refractivity contribution in [2.75, 3.05) is 31.1 Å². The van der Waals surface area contributed by atoms with E-state index >= 15 is 0 Å².